The van der Waals surface area contributed by atoms with Crippen LogP contribution in [-0.2, 0) is 9.53 Å². The highest BCUT2D eigenvalue weighted by Crippen LogP contribution is 2.23. The zero-order chi connectivity index (χ0) is 9.68. The van der Waals surface area contributed by atoms with Crippen LogP contribution in [0.1, 0.15) is 39.0 Å². The first-order valence-electron chi connectivity index (χ1n) is 5.02. The third-order valence-electron chi connectivity index (χ3n) is 2.41. The highest BCUT2D eigenvalue weighted by atomic mass is 16.5. The summed E-state index contributed by atoms with van der Waals surface area (Å²) in [6.07, 6.45) is 4.30. The van der Waals surface area contributed by atoms with Crippen LogP contribution >= 0.6 is 0 Å². The van der Waals surface area contributed by atoms with Gasteiger partial charge in [0, 0.05) is 13.0 Å². The maximum atomic E-state index is 11.0. The first-order valence-corrected chi connectivity index (χ1v) is 5.02. The molecule has 1 saturated heterocycles. The van der Waals surface area contributed by atoms with Gasteiger partial charge in [-0.15, -0.1) is 0 Å². The van der Waals surface area contributed by atoms with Gasteiger partial charge >= 0.3 is 5.97 Å². The van der Waals surface area contributed by atoms with Crippen molar-refractivity contribution in [1.82, 2.24) is 0 Å². The van der Waals surface area contributed by atoms with E-state index < -0.39 is 0 Å². The number of unbranched alkanes of at least 4 members (excludes halogenated alkanes) is 1. The number of esters is 1. The zero-order valence-electron chi connectivity index (χ0n) is 8.16. The van der Waals surface area contributed by atoms with E-state index in [9.17, 15) is 4.79 Å². The summed E-state index contributed by atoms with van der Waals surface area (Å²) in [5.74, 6) is 0.396. The van der Waals surface area contributed by atoms with Gasteiger partial charge in [0.05, 0.1) is 0 Å². The summed E-state index contributed by atoms with van der Waals surface area (Å²) in [4.78, 5) is 11.0. The Kier molecular flexibility index (Phi) is 4.22. The largest absolute Gasteiger partial charge is 0.462 e. The molecule has 0 saturated carbocycles. The summed E-state index contributed by atoms with van der Waals surface area (Å²) in [5, 5.41) is 8.59. The molecule has 1 fully saturated rings. The molecule has 0 aromatic heterocycles. The van der Waals surface area contributed by atoms with Crippen LogP contribution in [0, 0.1) is 5.92 Å². The van der Waals surface area contributed by atoms with Crippen molar-refractivity contribution < 1.29 is 14.6 Å². The molecule has 3 nitrogen and oxygen atoms in total. The van der Waals surface area contributed by atoms with Crippen molar-refractivity contribution in [3.05, 3.63) is 0 Å². The zero-order valence-corrected chi connectivity index (χ0v) is 8.16. The second-order valence-corrected chi connectivity index (χ2v) is 3.88. The Balaban J connectivity index is 2.21. The van der Waals surface area contributed by atoms with Gasteiger partial charge < -0.3 is 9.84 Å². The summed E-state index contributed by atoms with van der Waals surface area (Å²) in [5.41, 5.74) is 0. The molecule has 1 rings (SSSR count). The molecule has 0 aromatic carbocycles. The topological polar surface area (TPSA) is 46.5 Å². The fraction of sp³-hybridized carbons (Fsp3) is 0.900. The number of hydrogen-bond donors (Lipinski definition) is 1. The van der Waals surface area contributed by atoms with Gasteiger partial charge in [-0.25, -0.2) is 0 Å². The molecule has 2 atom stereocenters. The van der Waals surface area contributed by atoms with Crippen molar-refractivity contribution in [3.8, 4) is 0 Å². The summed E-state index contributed by atoms with van der Waals surface area (Å²) in [7, 11) is 0. The van der Waals surface area contributed by atoms with Crippen molar-refractivity contribution in [2.24, 2.45) is 5.92 Å². The van der Waals surface area contributed by atoms with Crippen LogP contribution in [0.3, 0.4) is 0 Å². The fourth-order valence-corrected chi connectivity index (χ4v) is 1.76. The van der Waals surface area contributed by atoms with Crippen molar-refractivity contribution >= 4 is 5.97 Å². The molecule has 1 heterocycles. The standard InChI is InChI=1S/C10H18O3/c1-8-6-9(4-2-3-5-11)13-10(12)7-8/h8-9,11H,2-7H2,1H3/t8-,9-/m0/s1. The first-order chi connectivity index (χ1) is 6.22. The SMILES string of the molecule is C[C@@H]1CC(=O)O[C@@H](CCCCO)C1. The third kappa shape index (κ3) is 3.77. The van der Waals surface area contributed by atoms with E-state index in [0.29, 0.717) is 12.3 Å². The number of rotatable bonds is 4. The van der Waals surface area contributed by atoms with Crippen LogP contribution in [-0.4, -0.2) is 23.8 Å². The molecule has 3 heteroatoms. The van der Waals surface area contributed by atoms with Crippen molar-refractivity contribution in [3.63, 3.8) is 0 Å². The summed E-state index contributed by atoms with van der Waals surface area (Å²) in [6.45, 7) is 2.32. The summed E-state index contributed by atoms with van der Waals surface area (Å²) >= 11 is 0. The number of ether oxygens (including phenoxy) is 1. The van der Waals surface area contributed by atoms with Gasteiger partial charge in [-0.05, 0) is 31.6 Å². The maximum absolute atomic E-state index is 11.0. The number of cyclic esters (lactones) is 1. The van der Waals surface area contributed by atoms with E-state index in [1.54, 1.807) is 0 Å². The minimum atomic E-state index is -0.0623. The van der Waals surface area contributed by atoms with Gasteiger partial charge in [-0.1, -0.05) is 6.92 Å². The van der Waals surface area contributed by atoms with E-state index in [2.05, 4.69) is 6.92 Å². The number of aliphatic hydroxyl groups is 1. The smallest absolute Gasteiger partial charge is 0.306 e. The van der Waals surface area contributed by atoms with Gasteiger partial charge in [0.15, 0.2) is 0 Å². The lowest BCUT2D eigenvalue weighted by molar-refractivity contribution is -0.156. The van der Waals surface area contributed by atoms with Crippen molar-refractivity contribution in [1.29, 1.82) is 0 Å². The summed E-state index contributed by atoms with van der Waals surface area (Å²) in [6, 6.07) is 0. The van der Waals surface area contributed by atoms with E-state index in [4.69, 9.17) is 9.84 Å². The van der Waals surface area contributed by atoms with Gasteiger partial charge in [0.1, 0.15) is 6.10 Å². The van der Waals surface area contributed by atoms with Crippen molar-refractivity contribution in [2.75, 3.05) is 6.61 Å². The van der Waals surface area contributed by atoms with Crippen LogP contribution in [0.2, 0.25) is 0 Å². The lowest BCUT2D eigenvalue weighted by Gasteiger charge is -2.26. The highest BCUT2D eigenvalue weighted by molar-refractivity contribution is 5.70. The van der Waals surface area contributed by atoms with Crippen LogP contribution in [0.15, 0.2) is 0 Å². The predicted molar refractivity (Wildman–Crippen MR) is 49.2 cm³/mol. The molecule has 0 unspecified atom stereocenters. The first kappa shape index (κ1) is 10.5. The Hall–Kier alpha value is -0.570. The number of aliphatic hydroxyl groups excluding tert-OH is 1. The number of carbonyl (C=O) groups excluding carboxylic acids is 1. The minimum absolute atomic E-state index is 0.0623. The van der Waals surface area contributed by atoms with Gasteiger partial charge in [0.25, 0.3) is 0 Å². The van der Waals surface area contributed by atoms with E-state index in [1.165, 1.54) is 0 Å². The van der Waals surface area contributed by atoms with Crippen molar-refractivity contribution in [2.45, 2.75) is 45.1 Å². The quantitative estimate of drug-likeness (QED) is 0.534. The molecule has 0 aliphatic carbocycles. The highest BCUT2D eigenvalue weighted by Gasteiger charge is 2.24. The van der Waals surface area contributed by atoms with Gasteiger partial charge in [0.2, 0.25) is 0 Å². The Morgan fingerprint density at radius 2 is 2.31 bits per heavy atom. The average Bonchev–Trinajstić information content (AvgIpc) is 2.03. The van der Waals surface area contributed by atoms with Crippen LogP contribution < -0.4 is 0 Å². The molecule has 0 bridgehead atoms. The number of carbonyl (C=O) groups is 1. The lowest BCUT2D eigenvalue weighted by Crippen LogP contribution is -2.28. The van der Waals surface area contributed by atoms with E-state index in [1.807, 2.05) is 0 Å². The van der Waals surface area contributed by atoms with Gasteiger partial charge in [-0.2, -0.15) is 0 Å². The lowest BCUT2D eigenvalue weighted by atomic mass is 9.94. The van der Waals surface area contributed by atoms with Crippen LogP contribution in [0.4, 0.5) is 0 Å². The van der Waals surface area contributed by atoms with Crippen LogP contribution in [0.25, 0.3) is 0 Å². The van der Waals surface area contributed by atoms with E-state index in [0.717, 1.165) is 25.7 Å². The Morgan fingerprint density at radius 3 is 2.92 bits per heavy atom. The average molecular weight is 186 g/mol. The third-order valence-corrected chi connectivity index (χ3v) is 2.41. The molecule has 1 aliphatic heterocycles. The monoisotopic (exact) mass is 186 g/mol. The molecule has 1 aliphatic rings. The molecule has 0 aromatic rings. The Bertz CT molecular complexity index is 168. The molecule has 0 amide bonds. The minimum Gasteiger partial charge on any atom is -0.462 e. The maximum Gasteiger partial charge on any atom is 0.306 e. The van der Waals surface area contributed by atoms with Crippen LogP contribution in [0.5, 0.6) is 0 Å². The molecular weight excluding hydrogens is 168 g/mol. The Labute approximate surface area is 79.1 Å². The second-order valence-electron chi connectivity index (χ2n) is 3.88. The van der Waals surface area contributed by atoms with E-state index in [-0.39, 0.29) is 18.7 Å². The second kappa shape index (κ2) is 5.22. The normalized spacial score (nSPS) is 28.6. The molecule has 0 radical (unpaired) electrons. The molecule has 1 N–H and O–H groups in total. The van der Waals surface area contributed by atoms with E-state index >= 15 is 0 Å². The molecular formula is C10H18O3. The van der Waals surface area contributed by atoms with Gasteiger partial charge in [-0.3, -0.25) is 4.79 Å². The molecule has 13 heavy (non-hydrogen) atoms. The predicted octanol–water partition coefficient (Wildman–Crippen LogP) is 1.49. The summed E-state index contributed by atoms with van der Waals surface area (Å²) < 4.78 is 5.18. The molecule has 76 valence electrons. The fourth-order valence-electron chi connectivity index (χ4n) is 1.76. The molecule has 0 spiro atoms. The Morgan fingerprint density at radius 1 is 1.54 bits per heavy atom. The number of hydrogen-bond acceptors (Lipinski definition) is 3.